The van der Waals surface area contributed by atoms with Crippen molar-refractivity contribution in [3.05, 3.63) is 87.9 Å². The predicted molar refractivity (Wildman–Crippen MR) is 185 cm³/mol. The maximum absolute atomic E-state index is 13.8. The summed E-state index contributed by atoms with van der Waals surface area (Å²) in [6.45, 7) is 6.11. The molecule has 1 N–H and O–H groups in total. The summed E-state index contributed by atoms with van der Waals surface area (Å²) in [5, 5.41) is 3.99. The van der Waals surface area contributed by atoms with Crippen LogP contribution in [0.2, 0.25) is 10.0 Å². The fourth-order valence-electron chi connectivity index (χ4n) is 6.04. The Balaban J connectivity index is 1.33. The number of likely N-dealkylation sites (N-methyl/N-ethyl adjacent to an activating group) is 1. The van der Waals surface area contributed by atoms with Gasteiger partial charge >= 0.3 is 6.09 Å². The molecule has 0 radical (unpaired) electrons. The lowest BCUT2D eigenvalue weighted by Crippen LogP contribution is -2.49. The van der Waals surface area contributed by atoms with Crippen molar-refractivity contribution in [1.82, 2.24) is 15.1 Å². The van der Waals surface area contributed by atoms with Gasteiger partial charge in [-0.1, -0.05) is 47.5 Å². The maximum Gasteiger partial charge on any atom is 0.410 e. The molecule has 3 amide bonds. The number of fused-ring (bicyclic) bond motifs is 1. The minimum Gasteiger partial charge on any atom is -0.455 e. The van der Waals surface area contributed by atoms with Crippen LogP contribution in [-0.4, -0.2) is 78.6 Å². The van der Waals surface area contributed by atoms with E-state index in [4.69, 9.17) is 32.7 Å². The Kier molecular flexibility index (Phi) is 10.9. The van der Waals surface area contributed by atoms with Gasteiger partial charge in [0.1, 0.15) is 11.4 Å². The van der Waals surface area contributed by atoms with Gasteiger partial charge in [-0.05, 0) is 100 Å². The highest BCUT2D eigenvalue weighted by atomic mass is 35.5. The maximum atomic E-state index is 13.8. The van der Waals surface area contributed by atoms with Gasteiger partial charge in [-0.3, -0.25) is 9.59 Å². The van der Waals surface area contributed by atoms with Crippen LogP contribution in [0.1, 0.15) is 44.7 Å². The van der Waals surface area contributed by atoms with Crippen LogP contribution in [0.5, 0.6) is 11.5 Å². The standard InChI is InChI=1S/C36H42Cl2N4O5/c1-36(2,3)47-35(45)42-17-7-10-28(42)21-39-33(43)22-41(23-34(44)40(4)29-18-24-8-5-6-9-25(24)19-29)31-20-27(38)13-16-32(31)46-30-14-11-26(37)12-15-30/h5-6,8-9,11-16,20,28-29H,7,10,17-19,21-23H2,1-4H3,(H,39,43)/t28-/m0/s1. The third-order valence-corrected chi connectivity index (χ3v) is 8.96. The fourth-order valence-corrected chi connectivity index (χ4v) is 6.33. The van der Waals surface area contributed by atoms with Crippen molar-refractivity contribution in [2.24, 2.45) is 0 Å². The third kappa shape index (κ3) is 9.11. The molecule has 11 heteroatoms. The van der Waals surface area contributed by atoms with Gasteiger partial charge in [-0.15, -0.1) is 0 Å². The zero-order valence-electron chi connectivity index (χ0n) is 27.3. The first-order valence-electron chi connectivity index (χ1n) is 15.9. The second kappa shape index (κ2) is 14.9. The summed E-state index contributed by atoms with van der Waals surface area (Å²) in [6.07, 6.45) is 2.74. The van der Waals surface area contributed by atoms with Gasteiger partial charge in [0.15, 0.2) is 5.75 Å². The molecule has 1 heterocycles. The first-order chi connectivity index (χ1) is 22.4. The number of halogens is 2. The molecule has 1 saturated heterocycles. The summed E-state index contributed by atoms with van der Waals surface area (Å²) in [5.74, 6) is 0.528. The Morgan fingerprint density at radius 1 is 0.936 bits per heavy atom. The van der Waals surface area contributed by atoms with E-state index in [1.54, 1.807) is 57.2 Å². The van der Waals surface area contributed by atoms with Gasteiger partial charge in [0, 0.05) is 36.2 Å². The van der Waals surface area contributed by atoms with E-state index in [2.05, 4.69) is 17.4 Å². The fraction of sp³-hybridized carbons (Fsp3) is 0.417. The average molecular weight is 682 g/mol. The third-order valence-electron chi connectivity index (χ3n) is 8.47. The van der Waals surface area contributed by atoms with Crippen molar-refractivity contribution in [3.8, 4) is 11.5 Å². The number of ether oxygens (including phenoxy) is 2. The number of nitrogens with zero attached hydrogens (tertiary/aromatic N) is 3. The number of hydrogen-bond acceptors (Lipinski definition) is 6. The molecule has 0 saturated carbocycles. The van der Waals surface area contributed by atoms with E-state index in [1.165, 1.54) is 11.1 Å². The molecule has 0 unspecified atom stereocenters. The lowest BCUT2D eigenvalue weighted by molar-refractivity contribution is -0.130. The number of amides is 3. The Morgan fingerprint density at radius 3 is 2.26 bits per heavy atom. The second-order valence-corrected chi connectivity index (χ2v) is 14.0. The molecule has 250 valence electrons. The topological polar surface area (TPSA) is 91.4 Å². The van der Waals surface area contributed by atoms with Crippen LogP contribution in [-0.2, 0) is 27.2 Å². The lowest BCUT2D eigenvalue weighted by atomic mass is 10.1. The quantitative estimate of drug-likeness (QED) is 0.255. The summed E-state index contributed by atoms with van der Waals surface area (Å²) in [7, 11) is 1.81. The smallest absolute Gasteiger partial charge is 0.410 e. The summed E-state index contributed by atoms with van der Waals surface area (Å²) in [4.78, 5) is 45.3. The van der Waals surface area contributed by atoms with Crippen molar-refractivity contribution >= 4 is 46.8 Å². The molecule has 1 fully saturated rings. The number of carbonyl (C=O) groups is 3. The highest BCUT2D eigenvalue weighted by molar-refractivity contribution is 6.31. The van der Waals surface area contributed by atoms with Gasteiger partial charge in [0.05, 0.1) is 24.8 Å². The van der Waals surface area contributed by atoms with Gasteiger partial charge in [0.2, 0.25) is 11.8 Å². The van der Waals surface area contributed by atoms with E-state index in [9.17, 15) is 14.4 Å². The molecule has 9 nitrogen and oxygen atoms in total. The van der Waals surface area contributed by atoms with Crippen molar-refractivity contribution < 1.29 is 23.9 Å². The molecule has 3 aromatic carbocycles. The zero-order chi connectivity index (χ0) is 33.7. The Bertz CT molecular complexity index is 1570. The Hall–Kier alpha value is -3.95. The minimum atomic E-state index is -0.613. The molecular formula is C36H42Cl2N4O5. The summed E-state index contributed by atoms with van der Waals surface area (Å²) in [5.41, 5.74) is 2.37. The molecule has 47 heavy (non-hydrogen) atoms. The molecule has 1 aliphatic heterocycles. The highest BCUT2D eigenvalue weighted by Crippen LogP contribution is 2.35. The first kappa shape index (κ1) is 34.4. The Morgan fingerprint density at radius 2 is 1.60 bits per heavy atom. The van der Waals surface area contributed by atoms with Gasteiger partial charge in [0.25, 0.3) is 0 Å². The summed E-state index contributed by atoms with van der Waals surface area (Å²) >= 11 is 12.5. The monoisotopic (exact) mass is 680 g/mol. The number of hydrogen-bond donors (Lipinski definition) is 1. The molecule has 3 aromatic rings. The van der Waals surface area contributed by atoms with Gasteiger partial charge in [-0.25, -0.2) is 4.79 Å². The van der Waals surface area contributed by atoms with Crippen molar-refractivity contribution in [1.29, 1.82) is 0 Å². The molecule has 2 aliphatic rings. The predicted octanol–water partition coefficient (Wildman–Crippen LogP) is 6.73. The van der Waals surface area contributed by atoms with Crippen molar-refractivity contribution in [2.75, 3.05) is 38.1 Å². The van der Waals surface area contributed by atoms with Gasteiger partial charge in [-0.2, -0.15) is 0 Å². The van der Waals surface area contributed by atoms with Crippen LogP contribution < -0.4 is 15.0 Å². The number of carbonyl (C=O) groups excluding carboxylic acids is 3. The number of likely N-dealkylation sites (tertiary alicyclic amines) is 1. The lowest BCUT2D eigenvalue weighted by Gasteiger charge is -2.31. The van der Waals surface area contributed by atoms with Crippen molar-refractivity contribution in [2.45, 2.75) is 64.1 Å². The largest absolute Gasteiger partial charge is 0.455 e. The van der Waals surface area contributed by atoms with E-state index in [-0.39, 0.29) is 49.6 Å². The number of benzene rings is 3. The molecular weight excluding hydrogens is 639 g/mol. The molecule has 0 spiro atoms. The van der Waals surface area contributed by atoms with Gasteiger partial charge < -0.3 is 29.5 Å². The average Bonchev–Trinajstić information content (AvgIpc) is 3.68. The molecule has 0 aromatic heterocycles. The van der Waals surface area contributed by atoms with E-state index in [1.807, 2.05) is 40.0 Å². The van der Waals surface area contributed by atoms with Crippen LogP contribution >= 0.6 is 23.2 Å². The van der Waals surface area contributed by atoms with E-state index >= 15 is 0 Å². The normalized spacial score (nSPS) is 16.0. The number of anilines is 1. The SMILES string of the molecule is CN(C(=O)CN(CC(=O)NC[C@@H]1CCCN1C(=O)OC(C)(C)C)c1cc(Cl)ccc1Oc1ccc(Cl)cc1)C1Cc2ccccc2C1. The van der Waals surface area contributed by atoms with E-state index < -0.39 is 5.60 Å². The second-order valence-electron chi connectivity index (χ2n) is 13.1. The summed E-state index contributed by atoms with van der Waals surface area (Å²) in [6, 6.07) is 20.1. The minimum absolute atomic E-state index is 0.0147. The summed E-state index contributed by atoms with van der Waals surface area (Å²) < 4.78 is 11.8. The van der Waals surface area contributed by atoms with Crippen LogP contribution in [0.25, 0.3) is 0 Å². The zero-order valence-corrected chi connectivity index (χ0v) is 28.8. The van der Waals surface area contributed by atoms with Crippen LogP contribution in [0.3, 0.4) is 0 Å². The molecule has 5 rings (SSSR count). The van der Waals surface area contributed by atoms with Crippen LogP contribution in [0.15, 0.2) is 66.7 Å². The molecule has 1 aliphatic carbocycles. The van der Waals surface area contributed by atoms with Crippen molar-refractivity contribution in [3.63, 3.8) is 0 Å². The number of rotatable bonds is 10. The van der Waals surface area contributed by atoms with Crippen LogP contribution in [0, 0.1) is 0 Å². The highest BCUT2D eigenvalue weighted by Gasteiger charge is 2.33. The molecule has 0 bridgehead atoms. The van der Waals surface area contributed by atoms with E-state index in [0.717, 1.165) is 25.7 Å². The number of nitrogens with one attached hydrogen (secondary N) is 1. The Labute approximate surface area is 286 Å². The first-order valence-corrected chi connectivity index (χ1v) is 16.7. The van der Waals surface area contributed by atoms with Crippen LogP contribution in [0.4, 0.5) is 10.5 Å². The van der Waals surface area contributed by atoms with E-state index in [0.29, 0.717) is 33.8 Å². The molecule has 1 atom stereocenters.